The lowest BCUT2D eigenvalue weighted by atomic mass is 10.0. The molecule has 4 aromatic carbocycles. The van der Waals surface area contributed by atoms with Crippen molar-refractivity contribution in [2.75, 3.05) is 0 Å². The van der Waals surface area contributed by atoms with Crippen LogP contribution in [0.3, 0.4) is 0 Å². The SMILES string of the molecule is O=P1(c2ccccc2)c2ccccc2C2C1c1ccccc1P2(=O)c1ccccc1. The van der Waals surface area contributed by atoms with Gasteiger partial charge in [-0.05, 0) is 11.1 Å². The van der Waals surface area contributed by atoms with Gasteiger partial charge in [-0.2, -0.15) is 0 Å². The Hall–Kier alpha value is -2.66. The van der Waals surface area contributed by atoms with Gasteiger partial charge in [0.1, 0.15) is 0 Å². The van der Waals surface area contributed by atoms with Crippen LogP contribution in [0.1, 0.15) is 22.4 Å². The Balaban J connectivity index is 1.74. The van der Waals surface area contributed by atoms with Crippen molar-refractivity contribution in [1.29, 1.82) is 0 Å². The fourth-order valence-corrected chi connectivity index (χ4v) is 13.9. The van der Waals surface area contributed by atoms with Crippen LogP contribution in [0.15, 0.2) is 109 Å². The molecular formula is C26H20O2P2. The molecule has 0 spiro atoms. The highest BCUT2D eigenvalue weighted by atomic mass is 31.2. The van der Waals surface area contributed by atoms with E-state index >= 15 is 9.13 Å². The highest BCUT2D eigenvalue weighted by Crippen LogP contribution is 2.81. The van der Waals surface area contributed by atoms with E-state index in [2.05, 4.69) is 0 Å². The molecule has 2 heterocycles. The van der Waals surface area contributed by atoms with Gasteiger partial charge in [-0.3, -0.25) is 0 Å². The molecule has 2 aliphatic heterocycles. The van der Waals surface area contributed by atoms with E-state index in [0.717, 1.165) is 32.3 Å². The monoisotopic (exact) mass is 426 g/mol. The summed E-state index contributed by atoms with van der Waals surface area (Å²) in [4.78, 5) is 0. The fourth-order valence-electron chi connectivity index (χ4n) is 5.41. The maximum atomic E-state index is 15.0. The standard InChI is InChI=1S/C26H20O2P2/c27-29(19-11-3-1-4-12-19)23-17-9-7-15-21(23)26-25(29)22-16-8-10-18-24(22)30(26,28)20-13-5-2-6-14-20/h1-18,25-26H. The summed E-state index contributed by atoms with van der Waals surface area (Å²) >= 11 is 0. The lowest BCUT2D eigenvalue weighted by molar-refractivity contribution is 0.571. The molecule has 4 unspecified atom stereocenters. The third-order valence-corrected chi connectivity index (χ3v) is 13.9. The molecule has 0 amide bonds. The second-order valence-corrected chi connectivity index (χ2v) is 13.7. The molecule has 0 saturated carbocycles. The van der Waals surface area contributed by atoms with Gasteiger partial charge >= 0.3 is 0 Å². The van der Waals surface area contributed by atoms with Crippen LogP contribution in [0.4, 0.5) is 0 Å². The van der Waals surface area contributed by atoms with Crippen LogP contribution >= 0.6 is 14.3 Å². The van der Waals surface area contributed by atoms with Crippen LogP contribution in [-0.2, 0) is 9.13 Å². The Morgan fingerprint density at radius 2 is 0.767 bits per heavy atom. The molecule has 2 aliphatic rings. The van der Waals surface area contributed by atoms with E-state index in [1.807, 2.05) is 109 Å². The van der Waals surface area contributed by atoms with Crippen LogP contribution in [0.2, 0.25) is 0 Å². The zero-order valence-corrected chi connectivity index (χ0v) is 18.0. The molecule has 0 aliphatic carbocycles. The van der Waals surface area contributed by atoms with E-state index in [9.17, 15) is 0 Å². The third-order valence-electron chi connectivity index (χ3n) is 6.59. The average molecular weight is 426 g/mol. The van der Waals surface area contributed by atoms with Crippen molar-refractivity contribution in [3.8, 4) is 0 Å². The van der Waals surface area contributed by atoms with Gasteiger partial charge < -0.3 is 9.13 Å². The van der Waals surface area contributed by atoms with Crippen molar-refractivity contribution in [3.05, 3.63) is 120 Å². The first-order chi connectivity index (χ1) is 14.7. The minimum absolute atomic E-state index is 0.292. The lowest BCUT2D eigenvalue weighted by Crippen LogP contribution is -2.20. The van der Waals surface area contributed by atoms with Gasteiger partial charge in [0.15, 0.2) is 14.3 Å². The molecule has 0 N–H and O–H groups in total. The molecule has 0 aromatic heterocycles. The maximum Gasteiger partial charge on any atom is 0.151 e. The van der Waals surface area contributed by atoms with Crippen molar-refractivity contribution < 1.29 is 9.13 Å². The molecule has 4 atom stereocenters. The average Bonchev–Trinajstić information content (AvgIpc) is 3.26. The Labute approximate surface area is 176 Å². The van der Waals surface area contributed by atoms with E-state index < -0.39 is 14.3 Å². The zero-order valence-electron chi connectivity index (χ0n) is 16.3. The van der Waals surface area contributed by atoms with Gasteiger partial charge in [-0.25, -0.2) is 0 Å². The molecule has 6 rings (SSSR count). The molecule has 4 heteroatoms. The van der Waals surface area contributed by atoms with Crippen LogP contribution in [0, 0.1) is 0 Å². The Bertz CT molecular complexity index is 1260. The normalized spacial score (nSPS) is 28.5. The van der Waals surface area contributed by atoms with E-state index in [4.69, 9.17) is 0 Å². The van der Waals surface area contributed by atoms with Crippen LogP contribution < -0.4 is 21.2 Å². The maximum absolute atomic E-state index is 15.0. The number of hydrogen-bond acceptors (Lipinski definition) is 2. The second-order valence-electron chi connectivity index (χ2n) is 7.99. The van der Waals surface area contributed by atoms with Gasteiger partial charge in [-0.15, -0.1) is 0 Å². The Morgan fingerprint density at radius 1 is 0.433 bits per heavy atom. The summed E-state index contributed by atoms with van der Waals surface area (Å²) in [5.74, 6) is 0. The molecule has 2 nitrogen and oxygen atoms in total. The number of rotatable bonds is 2. The molecule has 0 radical (unpaired) electrons. The number of hydrogen-bond donors (Lipinski definition) is 0. The molecule has 0 fully saturated rings. The Kier molecular flexibility index (Phi) is 3.88. The van der Waals surface area contributed by atoms with E-state index in [0.29, 0.717) is 0 Å². The van der Waals surface area contributed by atoms with E-state index in [1.54, 1.807) is 0 Å². The first-order valence-electron chi connectivity index (χ1n) is 10.2. The van der Waals surface area contributed by atoms with Crippen LogP contribution in [0.25, 0.3) is 0 Å². The van der Waals surface area contributed by atoms with Gasteiger partial charge in [0.05, 0.1) is 11.3 Å². The van der Waals surface area contributed by atoms with E-state index in [1.165, 1.54) is 0 Å². The molecule has 30 heavy (non-hydrogen) atoms. The summed E-state index contributed by atoms with van der Waals surface area (Å²) in [5.41, 5.74) is 1.38. The molecular weight excluding hydrogens is 406 g/mol. The minimum Gasteiger partial charge on any atom is -0.313 e. The van der Waals surface area contributed by atoms with Gasteiger partial charge in [0.2, 0.25) is 0 Å². The largest absolute Gasteiger partial charge is 0.313 e. The minimum atomic E-state index is -3.02. The number of benzene rings is 4. The Morgan fingerprint density at radius 3 is 1.17 bits per heavy atom. The van der Waals surface area contributed by atoms with Crippen LogP contribution in [0.5, 0.6) is 0 Å². The number of fused-ring (bicyclic) bond motifs is 5. The quantitative estimate of drug-likeness (QED) is 0.417. The highest BCUT2D eigenvalue weighted by molar-refractivity contribution is 7.85. The summed E-state index contributed by atoms with van der Waals surface area (Å²) < 4.78 is 30.0. The smallest absolute Gasteiger partial charge is 0.151 e. The van der Waals surface area contributed by atoms with Crippen molar-refractivity contribution in [3.63, 3.8) is 0 Å². The molecule has 4 aromatic rings. The lowest BCUT2D eigenvalue weighted by Gasteiger charge is -2.23. The van der Waals surface area contributed by atoms with Crippen LogP contribution in [-0.4, -0.2) is 0 Å². The van der Waals surface area contributed by atoms with Crippen molar-refractivity contribution in [1.82, 2.24) is 0 Å². The van der Waals surface area contributed by atoms with Gasteiger partial charge in [0.25, 0.3) is 0 Å². The summed E-state index contributed by atoms with van der Waals surface area (Å²) in [6.07, 6.45) is 0. The third kappa shape index (κ3) is 2.16. The van der Waals surface area contributed by atoms with Crippen molar-refractivity contribution in [2.45, 2.75) is 11.3 Å². The summed E-state index contributed by atoms with van der Waals surface area (Å²) in [6.45, 7) is 0. The summed E-state index contributed by atoms with van der Waals surface area (Å²) in [6, 6.07) is 35.5. The molecule has 0 saturated heterocycles. The predicted octanol–water partition coefficient (Wildman–Crippen LogP) is 5.12. The predicted molar refractivity (Wildman–Crippen MR) is 125 cm³/mol. The van der Waals surface area contributed by atoms with Gasteiger partial charge in [-0.1, -0.05) is 109 Å². The zero-order chi connectivity index (χ0) is 20.3. The first-order valence-corrected chi connectivity index (χ1v) is 13.7. The molecule has 146 valence electrons. The molecule has 0 bridgehead atoms. The van der Waals surface area contributed by atoms with Crippen molar-refractivity contribution >= 4 is 35.5 Å². The highest BCUT2D eigenvalue weighted by Gasteiger charge is 2.62. The second kappa shape index (κ2) is 6.42. The topological polar surface area (TPSA) is 34.1 Å². The summed E-state index contributed by atoms with van der Waals surface area (Å²) in [5, 5.41) is 3.44. The first kappa shape index (κ1) is 18.1. The fraction of sp³-hybridized carbons (Fsp3) is 0.0769. The van der Waals surface area contributed by atoms with Crippen molar-refractivity contribution in [2.24, 2.45) is 0 Å². The van der Waals surface area contributed by atoms with Gasteiger partial charge in [0, 0.05) is 21.2 Å². The van der Waals surface area contributed by atoms with E-state index in [-0.39, 0.29) is 11.3 Å². The summed E-state index contributed by atoms with van der Waals surface area (Å²) in [7, 11) is -6.04.